The lowest BCUT2D eigenvalue weighted by Gasteiger charge is -2.30. The molecule has 80 heavy (non-hydrogen) atoms. The topological polar surface area (TPSA) is 324 Å². The molecule has 4 aromatic carbocycles. The van der Waals surface area contributed by atoms with E-state index in [2.05, 4.69) is 48.2 Å². The highest BCUT2D eigenvalue weighted by molar-refractivity contribution is 7.89. The van der Waals surface area contributed by atoms with E-state index in [0.29, 0.717) is 61.3 Å². The van der Waals surface area contributed by atoms with Crippen LogP contribution in [0.25, 0.3) is 22.1 Å². The van der Waals surface area contributed by atoms with Gasteiger partial charge in [0.1, 0.15) is 12.2 Å². The van der Waals surface area contributed by atoms with Gasteiger partial charge >= 0.3 is 12.2 Å². The van der Waals surface area contributed by atoms with Crippen molar-refractivity contribution in [3.05, 3.63) is 121 Å². The molecular formula is C52H69N9O16S3. The second kappa shape index (κ2) is 30.5. The number of thiol groups is 1. The molecule has 28 heteroatoms. The molecule has 2 aliphatic rings. The highest BCUT2D eigenvalue weighted by Crippen LogP contribution is 2.25. The smallest absolute Gasteiger partial charge is 0.444 e. The van der Waals surface area contributed by atoms with Crippen LogP contribution in [-0.4, -0.2) is 162 Å². The van der Waals surface area contributed by atoms with Crippen molar-refractivity contribution >= 4 is 73.1 Å². The Kier molecular flexibility index (Phi) is 24.0. The monoisotopic (exact) mass is 1170 g/mol. The number of imidazole rings is 2. The Labute approximate surface area is 469 Å². The molecule has 2 aliphatic heterocycles. The molecule has 6 aromatic rings. The first-order valence-electron chi connectivity index (χ1n) is 25.6. The number of aromatic nitrogens is 4. The van der Waals surface area contributed by atoms with Gasteiger partial charge < -0.3 is 54.6 Å². The van der Waals surface area contributed by atoms with Gasteiger partial charge in [-0.2, -0.15) is 0 Å². The van der Waals surface area contributed by atoms with Crippen LogP contribution in [0.4, 0.5) is 9.59 Å². The largest absolute Gasteiger partial charge is 0.528 e. The number of H-pyrrole nitrogens is 2. The number of nitrogens with one attached hydrogen (secondary N) is 5. The molecule has 0 bridgehead atoms. The van der Waals surface area contributed by atoms with Gasteiger partial charge in [-0.05, 0) is 88.1 Å². The van der Waals surface area contributed by atoms with Gasteiger partial charge in [0, 0.05) is 19.8 Å². The number of hydroxylamine groups is 2. The van der Waals surface area contributed by atoms with E-state index in [0.717, 1.165) is 26.5 Å². The Morgan fingerprint density at radius 2 is 1.11 bits per heavy atom. The first kappa shape index (κ1) is 62.9. The molecule has 2 saturated heterocycles. The summed E-state index contributed by atoms with van der Waals surface area (Å²) in [7, 11) is -8.28. The Morgan fingerprint density at radius 1 is 0.675 bits per heavy atom. The highest BCUT2D eigenvalue weighted by Gasteiger charge is 2.35. The molecule has 2 amide bonds. The van der Waals surface area contributed by atoms with Crippen molar-refractivity contribution in [3.8, 4) is 0 Å². The van der Waals surface area contributed by atoms with Crippen molar-refractivity contribution in [1.82, 2.24) is 44.4 Å². The average molecular weight is 1170 g/mol. The summed E-state index contributed by atoms with van der Waals surface area (Å²) >= 11 is 3.45. The summed E-state index contributed by atoms with van der Waals surface area (Å²) in [6, 6.07) is 26.0. The van der Waals surface area contributed by atoms with Gasteiger partial charge in [0.2, 0.25) is 5.91 Å². The van der Waals surface area contributed by atoms with Crippen molar-refractivity contribution in [2.75, 3.05) is 39.5 Å². The second-order valence-electron chi connectivity index (χ2n) is 19.0. The van der Waals surface area contributed by atoms with Gasteiger partial charge in [0.05, 0.1) is 121 Å². The number of carbonyl (C=O) groups is 3. The molecule has 4 heterocycles. The Balaban J connectivity index is 0.000000218. The van der Waals surface area contributed by atoms with E-state index in [4.69, 9.17) is 28.6 Å². The molecule has 0 aliphatic carbocycles. The third-order valence-corrected chi connectivity index (χ3v) is 15.2. The number of rotatable bonds is 23. The van der Waals surface area contributed by atoms with Gasteiger partial charge in [-0.3, -0.25) is 14.5 Å². The minimum Gasteiger partial charge on any atom is -0.444 e. The third-order valence-electron chi connectivity index (χ3n) is 11.9. The SMILES string of the molecule is CC(=O)N[C@@H](Cc1ccccc1)[C@H](O)CN(OC(C)C)S(=O)(=O)c1ccc2nc[nH]c2c1.CC(C)ON(C[C@@H](O)[C@H](Cc1ccccc1)NC(=O)OC1CCOC1)S(=O)(=O)c1ccc2nc[nH]c2c1.O=C(ONS)OC1CCOC1. The van der Waals surface area contributed by atoms with E-state index in [1.165, 1.54) is 43.8 Å². The van der Waals surface area contributed by atoms with E-state index in [9.17, 15) is 41.4 Å². The molecule has 6 atom stereocenters. The first-order valence-corrected chi connectivity index (χ1v) is 28.9. The maximum absolute atomic E-state index is 13.5. The molecule has 8 rings (SSSR count). The van der Waals surface area contributed by atoms with E-state index in [1.807, 2.05) is 65.5 Å². The molecule has 7 N–H and O–H groups in total. The van der Waals surface area contributed by atoms with Crippen molar-refractivity contribution in [1.29, 1.82) is 0 Å². The number of amides is 2. The number of nitrogens with zero attached hydrogens (tertiary/aromatic N) is 4. The zero-order valence-electron chi connectivity index (χ0n) is 44.7. The van der Waals surface area contributed by atoms with Crippen molar-refractivity contribution < 1.29 is 74.9 Å². The van der Waals surface area contributed by atoms with Gasteiger partial charge in [0.15, 0.2) is 0 Å². The number of fused-ring (bicyclic) bond motifs is 2. The third kappa shape index (κ3) is 19.2. The molecular weight excluding hydrogens is 1100 g/mol. The summed E-state index contributed by atoms with van der Waals surface area (Å²) in [5.41, 5.74) is 4.11. The number of ether oxygens (including phenoxy) is 4. The standard InChI is InChI=1S/C25H32N4O7S.C22H28N4O5S.C5H9NO4S/c1-17(2)36-29(37(32,33)20-8-9-21-22(13-20)27-16-26-21)14-24(30)23(12-18-6-4-3-5-7-18)28-25(31)35-19-10-11-34-15-19;1-15(2)31-26(32(29,30)18-9-10-19-20(12-18)24-14-23-19)13-22(28)21(25-16(3)27)11-17-7-5-4-6-8-17;7-5(10-6-11)9-4-1-2-8-3-4/h3-9,13,16-17,19,23-24,30H,10-12,14-15H2,1-2H3,(H,26,27)(H,28,31);4-10,12,14-15,21-22,28H,11,13H2,1-3H3,(H,23,24)(H,25,27);4,6,11H,1-3H2/t19?,23-,24+;21-,22+;/m00./s1. The number of sulfonamides is 2. The number of alkyl carbamates (subject to hydrolysis) is 1. The number of aromatic amines is 2. The van der Waals surface area contributed by atoms with Crippen LogP contribution in [0.5, 0.6) is 0 Å². The molecule has 2 unspecified atom stereocenters. The van der Waals surface area contributed by atoms with Crippen LogP contribution in [0.2, 0.25) is 0 Å². The highest BCUT2D eigenvalue weighted by atomic mass is 32.2. The van der Waals surface area contributed by atoms with Crippen LogP contribution >= 0.6 is 12.8 Å². The van der Waals surface area contributed by atoms with Crippen LogP contribution in [0, 0.1) is 0 Å². The summed E-state index contributed by atoms with van der Waals surface area (Å²) in [6.07, 6.45) is -0.681. The Morgan fingerprint density at radius 3 is 1.51 bits per heavy atom. The molecule has 25 nitrogen and oxygen atoms in total. The lowest BCUT2D eigenvalue weighted by molar-refractivity contribution is -0.138. The van der Waals surface area contributed by atoms with E-state index in [1.54, 1.807) is 39.8 Å². The van der Waals surface area contributed by atoms with Gasteiger partial charge in [-0.15, -0.1) is 0 Å². The molecule has 0 radical (unpaired) electrons. The summed E-state index contributed by atoms with van der Waals surface area (Å²) in [5.74, 6) is -0.325. The quantitative estimate of drug-likeness (QED) is 0.0246. The number of benzene rings is 4. The predicted octanol–water partition coefficient (Wildman–Crippen LogP) is 4.66. The zero-order chi connectivity index (χ0) is 57.8. The van der Waals surface area contributed by atoms with Crippen LogP contribution in [0.1, 0.15) is 58.6 Å². The summed E-state index contributed by atoms with van der Waals surface area (Å²) in [6.45, 7) is 9.24. The molecule has 2 fully saturated rings. The van der Waals surface area contributed by atoms with Crippen LogP contribution < -0.4 is 15.5 Å². The summed E-state index contributed by atoms with van der Waals surface area (Å²) < 4.78 is 75.7. The number of hydrogen-bond acceptors (Lipinski definition) is 20. The van der Waals surface area contributed by atoms with Crippen LogP contribution in [0.3, 0.4) is 0 Å². The maximum Gasteiger partial charge on any atom is 0.528 e. The van der Waals surface area contributed by atoms with Gasteiger partial charge in [-0.25, -0.2) is 36.4 Å². The fraction of sp³-hybridized carbons (Fsp3) is 0.442. The average Bonchev–Trinajstić information content (AvgIpc) is 4.30. The van der Waals surface area contributed by atoms with E-state index in [-0.39, 0.29) is 40.9 Å². The first-order chi connectivity index (χ1) is 38.2. The zero-order valence-corrected chi connectivity index (χ0v) is 47.3. The Bertz CT molecular complexity index is 3110. The number of aliphatic hydroxyl groups excluding tert-OH is 2. The van der Waals surface area contributed by atoms with E-state index < -0.39 is 75.3 Å². The minimum absolute atomic E-state index is 0.00114. The fourth-order valence-corrected chi connectivity index (χ4v) is 10.9. The minimum atomic E-state index is -4.17. The van der Waals surface area contributed by atoms with E-state index >= 15 is 0 Å². The molecule has 2 aromatic heterocycles. The lowest BCUT2D eigenvalue weighted by Crippen LogP contribution is -2.51. The number of hydrogen-bond donors (Lipinski definition) is 8. The summed E-state index contributed by atoms with van der Waals surface area (Å²) in [4.78, 5) is 66.3. The maximum atomic E-state index is 13.5. The fourth-order valence-electron chi connectivity index (χ4n) is 8.12. The van der Waals surface area contributed by atoms with Crippen molar-refractivity contribution in [2.24, 2.45) is 0 Å². The lowest BCUT2D eigenvalue weighted by atomic mass is 10.0. The van der Waals surface area contributed by atoms with Crippen LogP contribution in [0.15, 0.2) is 120 Å². The Hall–Kier alpha value is -6.28. The molecule has 0 spiro atoms. The summed E-state index contributed by atoms with van der Waals surface area (Å²) in [5, 5.41) is 27.6. The predicted molar refractivity (Wildman–Crippen MR) is 294 cm³/mol. The normalized spacial score (nSPS) is 17.1. The number of carbonyl (C=O) groups excluding carboxylic acids is 3. The second-order valence-corrected chi connectivity index (χ2v) is 22.8. The van der Waals surface area contributed by atoms with Gasteiger partial charge in [-0.1, -0.05) is 87.3 Å². The van der Waals surface area contributed by atoms with Crippen molar-refractivity contribution in [3.63, 3.8) is 0 Å². The molecule has 0 saturated carbocycles. The number of aliphatic hydroxyl groups is 2. The van der Waals surface area contributed by atoms with Crippen molar-refractivity contribution in [2.45, 2.75) is 119 Å². The van der Waals surface area contributed by atoms with Crippen LogP contribution in [-0.2, 0) is 71.1 Å². The van der Waals surface area contributed by atoms with Gasteiger partial charge in [0.25, 0.3) is 20.0 Å². The molecule has 436 valence electrons.